The Morgan fingerprint density at radius 3 is 2.83 bits per heavy atom. The van der Waals surface area contributed by atoms with Crippen LogP contribution in [-0.4, -0.2) is 38.6 Å². The maximum absolute atomic E-state index is 12.6. The van der Waals surface area contributed by atoms with Crippen molar-refractivity contribution >= 4 is 15.9 Å². The van der Waals surface area contributed by atoms with Crippen LogP contribution in [0.4, 0.5) is 0 Å². The lowest BCUT2D eigenvalue weighted by atomic mass is 9.86. The second kappa shape index (κ2) is 6.59. The Bertz CT molecular complexity index is 702. The Morgan fingerprint density at radius 1 is 1.26 bits per heavy atom. The van der Waals surface area contributed by atoms with Gasteiger partial charge in [0.2, 0.25) is 10.0 Å². The number of nitrogens with one attached hydrogen (secondary N) is 2. The Kier molecular flexibility index (Phi) is 4.70. The first-order chi connectivity index (χ1) is 11.0. The summed E-state index contributed by atoms with van der Waals surface area (Å²) in [5.41, 5.74) is 1.31. The summed E-state index contributed by atoms with van der Waals surface area (Å²) in [6, 6.07) is 4.47. The molecule has 7 heteroatoms. The molecule has 0 saturated heterocycles. The zero-order valence-electron chi connectivity index (χ0n) is 12.9. The molecule has 23 heavy (non-hydrogen) atoms. The van der Waals surface area contributed by atoms with Crippen molar-refractivity contribution in [2.24, 2.45) is 5.92 Å². The van der Waals surface area contributed by atoms with E-state index in [9.17, 15) is 18.3 Å². The lowest BCUT2D eigenvalue weighted by Gasteiger charge is -2.30. The zero-order valence-corrected chi connectivity index (χ0v) is 13.7. The predicted molar refractivity (Wildman–Crippen MR) is 85.6 cm³/mol. The van der Waals surface area contributed by atoms with Crippen molar-refractivity contribution in [3.8, 4) is 0 Å². The molecule has 126 valence electrons. The fraction of sp³-hybridized carbons (Fsp3) is 0.562. The number of carbonyl (C=O) groups excluding carboxylic acids is 1. The number of sulfonamides is 1. The molecule has 0 spiro atoms. The quantitative estimate of drug-likeness (QED) is 0.757. The summed E-state index contributed by atoms with van der Waals surface area (Å²) in [7, 11) is -3.70. The number of rotatable bonds is 4. The SMILES string of the molecule is O=C1NCCc2ccc(S(=O)(=O)N[C@@H]3CCCC[C@H]3CO)cc21. The standard InChI is InChI=1S/C16H22N2O4S/c19-10-12-3-1-2-4-15(12)18-23(21,22)13-6-5-11-7-8-17-16(20)14(11)9-13/h5-6,9,12,15,18-19H,1-4,7-8,10H2,(H,17,20)/t12-,15+/m0/s1. The van der Waals surface area contributed by atoms with Crippen LogP contribution in [0.25, 0.3) is 0 Å². The van der Waals surface area contributed by atoms with Crippen LogP contribution < -0.4 is 10.0 Å². The molecular formula is C16H22N2O4S. The minimum Gasteiger partial charge on any atom is -0.396 e. The molecule has 0 radical (unpaired) electrons. The van der Waals surface area contributed by atoms with Gasteiger partial charge in [-0.2, -0.15) is 0 Å². The summed E-state index contributed by atoms with van der Waals surface area (Å²) in [5, 5.41) is 12.2. The highest BCUT2D eigenvalue weighted by Gasteiger charge is 2.30. The van der Waals surface area contributed by atoms with Gasteiger partial charge in [-0.05, 0) is 42.9 Å². The molecule has 0 bridgehead atoms. The lowest BCUT2D eigenvalue weighted by Crippen LogP contribution is -2.43. The van der Waals surface area contributed by atoms with Gasteiger partial charge in [0.25, 0.3) is 5.91 Å². The van der Waals surface area contributed by atoms with Gasteiger partial charge in [0.15, 0.2) is 0 Å². The van der Waals surface area contributed by atoms with Crippen molar-refractivity contribution in [3.63, 3.8) is 0 Å². The molecule has 2 aliphatic rings. The van der Waals surface area contributed by atoms with Gasteiger partial charge in [0, 0.05) is 24.8 Å². The predicted octanol–water partition coefficient (Wildman–Crippen LogP) is 0.802. The normalized spacial score (nSPS) is 24.8. The van der Waals surface area contributed by atoms with Crippen LogP contribution in [0.1, 0.15) is 41.6 Å². The number of aliphatic hydroxyl groups excluding tert-OH is 1. The first-order valence-electron chi connectivity index (χ1n) is 8.05. The summed E-state index contributed by atoms with van der Waals surface area (Å²) in [4.78, 5) is 12.0. The van der Waals surface area contributed by atoms with Crippen LogP contribution in [-0.2, 0) is 16.4 Å². The van der Waals surface area contributed by atoms with Crippen LogP contribution in [0.3, 0.4) is 0 Å². The van der Waals surface area contributed by atoms with Crippen molar-refractivity contribution in [2.75, 3.05) is 13.2 Å². The molecule has 1 heterocycles. The van der Waals surface area contributed by atoms with Crippen LogP contribution in [0.5, 0.6) is 0 Å². The minimum atomic E-state index is -3.70. The number of carbonyl (C=O) groups is 1. The van der Waals surface area contributed by atoms with Gasteiger partial charge in [-0.3, -0.25) is 4.79 Å². The van der Waals surface area contributed by atoms with Gasteiger partial charge in [-0.25, -0.2) is 13.1 Å². The molecule has 1 fully saturated rings. The first kappa shape index (κ1) is 16.4. The Hall–Kier alpha value is -1.44. The molecule has 6 nitrogen and oxygen atoms in total. The second-order valence-corrected chi connectivity index (χ2v) is 7.99. The van der Waals surface area contributed by atoms with Gasteiger partial charge in [0.1, 0.15) is 0 Å². The number of aliphatic hydroxyl groups is 1. The van der Waals surface area contributed by atoms with Crippen LogP contribution in [0.2, 0.25) is 0 Å². The van der Waals surface area contributed by atoms with Gasteiger partial charge < -0.3 is 10.4 Å². The molecule has 1 amide bonds. The number of benzene rings is 1. The Labute approximate surface area is 136 Å². The van der Waals surface area contributed by atoms with Gasteiger partial charge in [-0.15, -0.1) is 0 Å². The van der Waals surface area contributed by atoms with Crippen LogP contribution in [0, 0.1) is 5.92 Å². The molecule has 0 aromatic heterocycles. The molecule has 1 saturated carbocycles. The lowest BCUT2D eigenvalue weighted by molar-refractivity contribution is 0.0945. The molecule has 1 aromatic carbocycles. The summed E-state index contributed by atoms with van der Waals surface area (Å²) in [5.74, 6) is -0.270. The average molecular weight is 338 g/mol. The molecular weight excluding hydrogens is 316 g/mol. The monoisotopic (exact) mass is 338 g/mol. The highest BCUT2D eigenvalue weighted by molar-refractivity contribution is 7.89. The van der Waals surface area contributed by atoms with Crippen LogP contribution >= 0.6 is 0 Å². The van der Waals surface area contributed by atoms with Gasteiger partial charge in [0.05, 0.1) is 4.90 Å². The molecule has 1 aliphatic heterocycles. The van der Waals surface area contributed by atoms with E-state index < -0.39 is 10.0 Å². The van der Waals surface area contributed by atoms with E-state index in [1.54, 1.807) is 12.1 Å². The summed E-state index contributed by atoms with van der Waals surface area (Å²) < 4.78 is 28.0. The third kappa shape index (κ3) is 3.41. The van der Waals surface area contributed by atoms with E-state index in [1.807, 2.05) is 0 Å². The Balaban J connectivity index is 1.85. The number of hydrogen-bond donors (Lipinski definition) is 3. The number of amides is 1. The van der Waals surface area contributed by atoms with E-state index >= 15 is 0 Å². The topological polar surface area (TPSA) is 95.5 Å². The molecule has 1 aromatic rings. The fourth-order valence-electron chi connectivity index (χ4n) is 3.41. The van der Waals surface area contributed by atoms with Crippen LogP contribution in [0.15, 0.2) is 23.1 Å². The minimum absolute atomic E-state index is 0.0141. The molecule has 3 N–H and O–H groups in total. The highest BCUT2D eigenvalue weighted by Crippen LogP contribution is 2.26. The maximum Gasteiger partial charge on any atom is 0.251 e. The number of hydrogen-bond acceptors (Lipinski definition) is 4. The summed E-state index contributed by atoms with van der Waals surface area (Å²) >= 11 is 0. The van der Waals surface area contributed by atoms with Gasteiger partial charge in [-0.1, -0.05) is 18.9 Å². The van der Waals surface area contributed by atoms with Crippen molar-refractivity contribution in [1.29, 1.82) is 0 Å². The zero-order chi connectivity index (χ0) is 16.4. The second-order valence-electron chi connectivity index (χ2n) is 6.28. The third-order valence-electron chi connectivity index (χ3n) is 4.77. The van der Waals surface area contributed by atoms with Crippen molar-refractivity contribution < 1.29 is 18.3 Å². The maximum atomic E-state index is 12.6. The molecule has 2 atom stereocenters. The highest BCUT2D eigenvalue weighted by atomic mass is 32.2. The first-order valence-corrected chi connectivity index (χ1v) is 9.54. The Morgan fingerprint density at radius 2 is 2.04 bits per heavy atom. The number of fused-ring (bicyclic) bond motifs is 1. The van der Waals surface area contributed by atoms with E-state index in [2.05, 4.69) is 10.0 Å². The molecule has 3 rings (SSSR count). The van der Waals surface area contributed by atoms with Crippen molar-refractivity contribution in [1.82, 2.24) is 10.0 Å². The summed E-state index contributed by atoms with van der Waals surface area (Å²) in [6.45, 7) is 0.566. The molecule has 1 aliphatic carbocycles. The van der Waals surface area contributed by atoms with E-state index in [0.29, 0.717) is 18.5 Å². The van der Waals surface area contributed by atoms with Crippen molar-refractivity contribution in [3.05, 3.63) is 29.3 Å². The average Bonchev–Trinajstić information content (AvgIpc) is 2.55. The fourth-order valence-corrected chi connectivity index (χ4v) is 4.77. The van der Waals surface area contributed by atoms with E-state index in [-0.39, 0.29) is 29.4 Å². The smallest absolute Gasteiger partial charge is 0.251 e. The van der Waals surface area contributed by atoms with E-state index in [4.69, 9.17) is 0 Å². The largest absolute Gasteiger partial charge is 0.396 e. The third-order valence-corrected chi connectivity index (χ3v) is 6.25. The molecule has 0 unspecified atom stereocenters. The van der Waals surface area contributed by atoms with E-state index in [1.165, 1.54) is 6.07 Å². The van der Waals surface area contributed by atoms with Gasteiger partial charge >= 0.3 is 0 Å². The van der Waals surface area contributed by atoms with Crippen molar-refractivity contribution in [2.45, 2.75) is 43.0 Å². The van der Waals surface area contributed by atoms with E-state index in [0.717, 1.165) is 31.2 Å². The summed E-state index contributed by atoms with van der Waals surface area (Å²) in [6.07, 6.45) is 4.24.